The molecule has 0 bridgehead atoms. The topological polar surface area (TPSA) is 76.9 Å². The molecule has 30 heavy (non-hydrogen) atoms. The summed E-state index contributed by atoms with van der Waals surface area (Å²) in [5.74, 6) is 0.624. The van der Waals surface area contributed by atoms with Crippen LogP contribution in [0.4, 0.5) is 0 Å². The third kappa shape index (κ3) is 4.27. The SMILES string of the molecule is CCc1ccc(S(=O)(=O)NCc2nc3cccnc3n2Cc2cccc(C)c2)cc1. The van der Waals surface area contributed by atoms with E-state index in [1.807, 2.05) is 60.9 Å². The van der Waals surface area contributed by atoms with Gasteiger partial charge in [0.1, 0.15) is 11.3 Å². The van der Waals surface area contributed by atoms with Gasteiger partial charge in [-0.2, -0.15) is 0 Å². The van der Waals surface area contributed by atoms with Gasteiger partial charge in [-0.25, -0.2) is 23.1 Å². The quantitative estimate of drug-likeness (QED) is 0.493. The average Bonchev–Trinajstić information content (AvgIpc) is 3.10. The Morgan fingerprint density at radius 2 is 1.80 bits per heavy atom. The first kappa shape index (κ1) is 20.3. The number of benzene rings is 2. The van der Waals surface area contributed by atoms with E-state index in [0.717, 1.165) is 28.7 Å². The number of aromatic nitrogens is 3. The van der Waals surface area contributed by atoms with Gasteiger partial charge in [-0.1, -0.05) is 48.9 Å². The molecule has 0 saturated carbocycles. The van der Waals surface area contributed by atoms with Crippen LogP contribution in [0.1, 0.15) is 29.4 Å². The van der Waals surface area contributed by atoms with E-state index >= 15 is 0 Å². The zero-order chi connectivity index (χ0) is 21.1. The van der Waals surface area contributed by atoms with Crippen LogP contribution in [-0.4, -0.2) is 23.0 Å². The molecule has 0 atom stereocenters. The van der Waals surface area contributed by atoms with Crippen molar-refractivity contribution in [2.24, 2.45) is 0 Å². The fraction of sp³-hybridized carbons (Fsp3) is 0.217. The summed E-state index contributed by atoms with van der Waals surface area (Å²) in [7, 11) is -3.64. The van der Waals surface area contributed by atoms with Gasteiger partial charge in [-0.15, -0.1) is 0 Å². The van der Waals surface area contributed by atoms with Crippen LogP contribution >= 0.6 is 0 Å². The smallest absolute Gasteiger partial charge is 0.240 e. The molecule has 0 amide bonds. The van der Waals surface area contributed by atoms with Crippen molar-refractivity contribution >= 4 is 21.2 Å². The Hall–Kier alpha value is -3.03. The minimum atomic E-state index is -3.64. The summed E-state index contributed by atoms with van der Waals surface area (Å²) in [6.07, 6.45) is 2.59. The lowest BCUT2D eigenvalue weighted by atomic mass is 10.1. The van der Waals surface area contributed by atoms with E-state index in [1.165, 1.54) is 5.56 Å². The number of rotatable bonds is 7. The van der Waals surface area contributed by atoms with E-state index in [0.29, 0.717) is 12.4 Å². The highest BCUT2D eigenvalue weighted by atomic mass is 32.2. The molecule has 0 aliphatic heterocycles. The highest BCUT2D eigenvalue weighted by molar-refractivity contribution is 7.89. The molecular formula is C23H24N4O2S. The predicted molar refractivity (Wildman–Crippen MR) is 118 cm³/mol. The maximum Gasteiger partial charge on any atom is 0.240 e. The first-order chi connectivity index (χ1) is 14.5. The molecule has 4 aromatic rings. The van der Waals surface area contributed by atoms with E-state index in [-0.39, 0.29) is 11.4 Å². The van der Waals surface area contributed by atoms with Gasteiger partial charge < -0.3 is 4.57 Å². The lowest BCUT2D eigenvalue weighted by Crippen LogP contribution is -2.25. The van der Waals surface area contributed by atoms with Gasteiger partial charge in [-0.05, 0) is 48.7 Å². The number of hydrogen-bond acceptors (Lipinski definition) is 4. The lowest BCUT2D eigenvalue weighted by Gasteiger charge is -2.11. The second kappa shape index (κ2) is 8.38. The van der Waals surface area contributed by atoms with Crippen LogP contribution in [0.5, 0.6) is 0 Å². The summed E-state index contributed by atoms with van der Waals surface area (Å²) < 4.78 is 30.2. The van der Waals surface area contributed by atoms with Crippen molar-refractivity contribution in [3.05, 3.63) is 89.4 Å². The van der Waals surface area contributed by atoms with Crippen LogP contribution < -0.4 is 4.72 Å². The number of aryl methyl sites for hydroxylation is 2. The molecule has 0 aliphatic carbocycles. The Morgan fingerprint density at radius 1 is 1.00 bits per heavy atom. The zero-order valence-corrected chi connectivity index (χ0v) is 17.9. The average molecular weight is 421 g/mol. The summed E-state index contributed by atoms with van der Waals surface area (Å²) in [5.41, 5.74) is 4.86. The van der Waals surface area contributed by atoms with Crippen molar-refractivity contribution < 1.29 is 8.42 Å². The van der Waals surface area contributed by atoms with E-state index < -0.39 is 10.0 Å². The van der Waals surface area contributed by atoms with Gasteiger partial charge in [0.2, 0.25) is 10.0 Å². The van der Waals surface area contributed by atoms with Crippen LogP contribution in [0, 0.1) is 6.92 Å². The fourth-order valence-corrected chi connectivity index (χ4v) is 4.43. The molecule has 154 valence electrons. The summed E-state index contributed by atoms with van der Waals surface area (Å²) >= 11 is 0. The third-order valence-electron chi connectivity index (χ3n) is 5.07. The van der Waals surface area contributed by atoms with Crippen molar-refractivity contribution in [1.82, 2.24) is 19.3 Å². The largest absolute Gasteiger partial charge is 0.307 e. The number of sulfonamides is 1. The van der Waals surface area contributed by atoms with Gasteiger partial charge in [0.25, 0.3) is 0 Å². The second-order valence-corrected chi connectivity index (χ2v) is 9.04. The standard InChI is InChI=1S/C23H24N4O2S/c1-3-18-9-11-20(12-10-18)30(28,29)25-15-22-26-21-8-5-13-24-23(21)27(22)16-19-7-4-6-17(2)14-19/h4-14,25H,3,15-16H2,1-2H3. The maximum absolute atomic E-state index is 12.8. The van der Waals surface area contributed by atoms with Crippen LogP contribution in [0.3, 0.4) is 0 Å². The molecule has 7 heteroatoms. The molecule has 2 heterocycles. The van der Waals surface area contributed by atoms with E-state index in [2.05, 4.69) is 20.8 Å². The third-order valence-corrected chi connectivity index (χ3v) is 6.49. The molecule has 0 unspecified atom stereocenters. The summed E-state index contributed by atoms with van der Waals surface area (Å²) in [5, 5.41) is 0. The van der Waals surface area contributed by atoms with Gasteiger partial charge in [0, 0.05) is 6.20 Å². The minimum Gasteiger partial charge on any atom is -0.307 e. The number of pyridine rings is 1. The molecule has 0 fully saturated rings. The van der Waals surface area contributed by atoms with Gasteiger partial charge in [-0.3, -0.25) is 0 Å². The molecule has 1 N–H and O–H groups in total. The summed E-state index contributed by atoms with van der Waals surface area (Å²) in [6, 6.07) is 18.9. The molecule has 2 aromatic carbocycles. The summed E-state index contributed by atoms with van der Waals surface area (Å²) in [4.78, 5) is 9.34. The molecule has 0 radical (unpaired) electrons. The second-order valence-electron chi connectivity index (χ2n) is 7.27. The Labute approximate surface area is 176 Å². The van der Waals surface area contributed by atoms with Crippen LogP contribution in [-0.2, 0) is 29.5 Å². The van der Waals surface area contributed by atoms with Crippen molar-refractivity contribution in [3.8, 4) is 0 Å². The molecule has 4 rings (SSSR count). The predicted octanol–water partition coefficient (Wildman–Crippen LogP) is 3.83. The van der Waals surface area contributed by atoms with Crippen LogP contribution in [0.2, 0.25) is 0 Å². The van der Waals surface area contributed by atoms with Crippen LogP contribution in [0.25, 0.3) is 11.2 Å². The van der Waals surface area contributed by atoms with Gasteiger partial charge in [0.05, 0.1) is 18.0 Å². The minimum absolute atomic E-state index is 0.0834. The molecule has 0 spiro atoms. The number of fused-ring (bicyclic) bond motifs is 1. The Bertz CT molecular complexity index is 1280. The van der Waals surface area contributed by atoms with Crippen molar-refractivity contribution in [2.45, 2.75) is 38.3 Å². The number of nitrogens with zero attached hydrogens (tertiary/aromatic N) is 3. The molecular weight excluding hydrogens is 396 g/mol. The van der Waals surface area contributed by atoms with Gasteiger partial charge in [0.15, 0.2) is 5.65 Å². The van der Waals surface area contributed by atoms with E-state index in [4.69, 9.17) is 0 Å². The highest BCUT2D eigenvalue weighted by Gasteiger charge is 2.17. The molecule has 0 aliphatic rings. The monoisotopic (exact) mass is 420 g/mol. The Balaban J connectivity index is 1.63. The van der Waals surface area contributed by atoms with Crippen molar-refractivity contribution in [2.75, 3.05) is 0 Å². The van der Waals surface area contributed by atoms with E-state index in [1.54, 1.807) is 18.3 Å². The molecule has 2 aromatic heterocycles. The Kier molecular flexibility index (Phi) is 5.65. The Morgan fingerprint density at radius 3 is 2.53 bits per heavy atom. The molecule has 6 nitrogen and oxygen atoms in total. The maximum atomic E-state index is 12.8. The lowest BCUT2D eigenvalue weighted by molar-refractivity contribution is 0.576. The fourth-order valence-electron chi connectivity index (χ4n) is 3.45. The number of hydrogen-bond donors (Lipinski definition) is 1. The van der Waals surface area contributed by atoms with E-state index in [9.17, 15) is 8.42 Å². The first-order valence-electron chi connectivity index (χ1n) is 9.90. The number of imidazole rings is 1. The summed E-state index contributed by atoms with van der Waals surface area (Å²) in [6.45, 7) is 4.73. The van der Waals surface area contributed by atoms with Gasteiger partial charge >= 0.3 is 0 Å². The molecule has 0 saturated heterocycles. The highest BCUT2D eigenvalue weighted by Crippen LogP contribution is 2.18. The zero-order valence-electron chi connectivity index (χ0n) is 17.0. The normalized spacial score (nSPS) is 11.8. The van der Waals surface area contributed by atoms with Crippen molar-refractivity contribution in [3.63, 3.8) is 0 Å². The first-order valence-corrected chi connectivity index (χ1v) is 11.4. The van der Waals surface area contributed by atoms with Crippen molar-refractivity contribution in [1.29, 1.82) is 0 Å². The van der Waals surface area contributed by atoms with Crippen LogP contribution in [0.15, 0.2) is 71.8 Å². The number of nitrogens with one attached hydrogen (secondary N) is 1.